The molecule has 0 spiro atoms. The van der Waals surface area contributed by atoms with Crippen LogP contribution < -0.4 is 5.32 Å². The van der Waals surface area contributed by atoms with E-state index < -0.39 is 0 Å². The summed E-state index contributed by atoms with van der Waals surface area (Å²) in [5.41, 5.74) is 0. The Morgan fingerprint density at radius 3 is 2.86 bits per heavy atom. The molecule has 1 N–H and O–H groups in total. The molecule has 1 fully saturated rings. The summed E-state index contributed by atoms with van der Waals surface area (Å²) in [7, 11) is 0. The molecule has 1 aliphatic rings. The smallest absolute Gasteiger partial charge is 0.00952 e. The van der Waals surface area contributed by atoms with E-state index in [1.54, 1.807) is 0 Å². The maximum Gasteiger partial charge on any atom is 0.00952 e. The van der Waals surface area contributed by atoms with Crippen molar-refractivity contribution in [2.45, 2.75) is 52.0 Å². The van der Waals surface area contributed by atoms with E-state index in [1.807, 2.05) is 0 Å². The van der Waals surface area contributed by atoms with Crippen LogP contribution in [0.5, 0.6) is 0 Å². The maximum atomic E-state index is 3.63. The Hall–Kier alpha value is 0.310. The topological polar surface area (TPSA) is 12.0 Å². The first-order valence-corrected chi connectivity index (χ1v) is 7.35. The van der Waals surface area contributed by atoms with Crippen molar-refractivity contribution in [1.82, 2.24) is 5.32 Å². The Bertz CT molecular complexity index is 138. The molecule has 0 aromatic heterocycles. The Balaban J connectivity index is 2.09. The number of rotatable bonds is 7. The number of hydrogen-bond donors (Lipinski definition) is 1. The Morgan fingerprint density at radius 2 is 2.14 bits per heavy atom. The van der Waals surface area contributed by atoms with Crippen molar-refractivity contribution in [3.8, 4) is 0 Å². The normalized spacial score (nSPS) is 27.0. The van der Waals surface area contributed by atoms with Gasteiger partial charge in [0.15, 0.2) is 0 Å². The van der Waals surface area contributed by atoms with Gasteiger partial charge < -0.3 is 5.32 Å². The molecule has 0 aromatic carbocycles. The summed E-state index contributed by atoms with van der Waals surface area (Å²) in [4.78, 5) is 0. The van der Waals surface area contributed by atoms with Crippen LogP contribution >= 0.6 is 11.8 Å². The van der Waals surface area contributed by atoms with Crippen molar-refractivity contribution >= 4 is 11.8 Å². The van der Waals surface area contributed by atoms with Gasteiger partial charge in [-0.1, -0.05) is 20.3 Å². The summed E-state index contributed by atoms with van der Waals surface area (Å²) >= 11 is 2.09. The predicted molar refractivity (Wildman–Crippen MR) is 67.0 cm³/mol. The molecule has 0 bridgehead atoms. The average Bonchev–Trinajstić information content (AvgIpc) is 2.61. The van der Waals surface area contributed by atoms with E-state index in [9.17, 15) is 0 Å². The zero-order valence-electron chi connectivity index (χ0n) is 9.72. The third-order valence-corrected chi connectivity index (χ3v) is 4.18. The van der Waals surface area contributed by atoms with E-state index in [4.69, 9.17) is 0 Å². The molecule has 0 radical (unpaired) electrons. The minimum absolute atomic E-state index is 0.839. The van der Waals surface area contributed by atoms with Gasteiger partial charge in [-0.05, 0) is 49.7 Å². The highest BCUT2D eigenvalue weighted by Crippen LogP contribution is 2.29. The van der Waals surface area contributed by atoms with Crippen LogP contribution in [0, 0.1) is 5.92 Å². The molecule has 1 aliphatic carbocycles. The third kappa shape index (κ3) is 4.22. The molecule has 0 amide bonds. The van der Waals surface area contributed by atoms with E-state index in [-0.39, 0.29) is 0 Å². The highest BCUT2D eigenvalue weighted by Gasteiger charge is 2.25. The van der Waals surface area contributed by atoms with Gasteiger partial charge in [-0.15, -0.1) is 0 Å². The molecule has 0 heterocycles. The summed E-state index contributed by atoms with van der Waals surface area (Å²) in [5.74, 6) is 3.63. The molecule has 1 rings (SSSR count). The van der Waals surface area contributed by atoms with Crippen molar-refractivity contribution < 1.29 is 0 Å². The lowest BCUT2D eigenvalue weighted by atomic mass is 9.98. The summed E-state index contributed by atoms with van der Waals surface area (Å²) in [6.45, 7) is 5.62. The number of thioether (sulfide) groups is 1. The van der Waals surface area contributed by atoms with Crippen LogP contribution in [0.25, 0.3) is 0 Å². The molecular weight excluding hydrogens is 190 g/mol. The second kappa shape index (κ2) is 7.58. The van der Waals surface area contributed by atoms with Crippen molar-refractivity contribution in [3.63, 3.8) is 0 Å². The monoisotopic (exact) mass is 215 g/mol. The van der Waals surface area contributed by atoms with Crippen molar-refractivity contribution in [2.75, 3.05) is 18.1 Å². The van der Waals surface area contributed by atoms with Crippen LogP contribution in [0.2, 0.25) is 0 Å². The summed E-state index contributed by atoms with van der Waals surface area (Å²) < 4.78 is 0. The zero-order chi connectivity index (χ0) is 10.2. The van der Waals surface area contributed by atoms with E-state index in [2.05, 4.69) is 30.9 Å². The quantitative estimate of drug-likeness (QED) is 0.654. The lowest BCUT2D eigenvalue weighted by Crippen LogP contribution is -2.32. The minimum Gasteiger partial charge on any atom is -0.314 e. The Kier molecular flexibility index (Phi) is 6.70. The van der Waals surface area contributed by atoms with Crippen LogP contribution in [0.1, 0.15) is 46.0 Å². The van der Waals surface area contributed by atoms with Crippen LogP contribution in [0.3, 0.4) is 0 Å². The molecule has 0 aliphatic heterocycles. The lowest BCUT2D eigenvalue weighted by Gasteiger charge is -2.20. The molecule has 1 saturated carbocycles. The largest absolute Gasteiger partial charge is 0.314 e. The van der Waals surface area contributed by atoms with Gasteiger partial charge in [0, 0.05) is 6.04 Å². The van der Waals surface area contributed by atoms with Crippen molar-refractivity contribution in [1.29, 1.82) is 0 Å². The highest BCUT2D eigenvalue weighted by molar-refractivity contribution is 7.99. The van der Waals surface area contributed by atoms with Crippen LogP contribution in [-0.2, 0) is 0 Å². The summed E-state index contributed by atoms with van der Waals surface area (Å²) in [6, 6.07) is 0.839. The van der Waals surface area contributed by atoms with Gasteiger partial charge in [-0.3, -0.25) is 0 Å². The van der Waals surface area contributed by atoms with E-state index in [1.165, 1.54) is 43.6 Å². The molecule has 0 aromatic rings. The fraction of sp³-hybridized carbons (Fsp3) is 1.00. The second-order valence-electron chi connectivity index (χ2n) is 4.19. The standard InChI is InChI=1S/C12H25NS/c1-3-13-12-9-5-7-11(12)8-6-10-14-4-2/h11-13H,3-10H2,1-2H3. The van der Waals surface area contributed by atoms with Crippen molar-refractivity contribution in [2.24, 2.45) is 5.92 Å². The first-order chi connectivity index (χ1) is 6.88. The number of hydrogen-bond acceptors (Lipinski definition) is 2. The fourth-order valence-electron chi connectivity index (χ4n) is 2.51. The molecule has 2 atom stereocenters. The SMILES string of the molecule is CCNC1CCCC1CCCSCC. The van der Waals surface area contributed by atoms with Gasteiger partial charge in [-0.25, -0.2) is 0 Å². The molecule has 2 unspecified atom stereocenters. The second-order valence-corrected chi connectivity index (χ2v) is 5.59. The summed E-state index contributed by atoms with van der Waals surface area (Å²) in [5, 5.41) is 3.63. The molecular formula is C12H25NS. The van der Waals surface area contributed by atoms with Gasteiger partial charge in [0.25, 0.3) is 0 Å². The van der Waals surface area contributed by atoms with Gasteiger partial charge in [0.1, 0.15) is 0 Å². The molecule has 1 nitrogen and oxygen atoms in total. The molecule has 2 heteroatoms. The van der Waals surface area contributed by atoms with Gasteiger partial charge in [0.05, 0.1) is 0 Å². The lowest BCUT2D eigenvalue weighted by molar-refractivity contribution is 0.383. The van der Waals surface area contributed by atoms with E-state index in [0.717, 1.165) is 18.5 Å². The maximum absolute atomic E-state index is 3.63. The van der Waals surface area contributed by atoms with Gasteiger partial charge >= 0.3 is 0 Å². The van der Waals surface area contributed by atoms with Crippen molar-refractivity contribution in [3.05, 3.63) is 0 Å². The first kappa shape index (κ1) is 12.4. The van der Waals surface area contributed by atoms with E-state index in [0.29, 0.717) is 0 Å². The molecule has 14 heavy (non-hydrogen) atoms. The predicted octanol–water partition coefficient (Wildman–Crippen LogP) is 3.30. The highest BCUT2D eigenvalue weighted by atomic mass is 32.2. The van der Waals surface area contributed by atoms with Crippen LogP contribution in [-0.4, -0.2) is 24.1 Å². The van der Waals surface area contributed by atoms with Crippen LogP contribution in [0.15, 0.2) is 0 Å². The van der Waals surface area contributed by atoms with Gasteiger partial charge in [0.2, 0.25) is 0 Å². The van der Waals surface area contributed by atoms with E-state index >= 15 is 0 Å². The first-order valence-electron chi connectivity index (χ1n) is 6.19. The summed E-state index contributed by atoms with van der Waals surface area (Å²) in [6.07, 6.45) is 7.20. The number of nitrogens with one attached hydrogen (secondary N) is 1. The average molecular weight is 215 g/mol. The van der Waals surface area contributed by atoms with Crippen LogP contribution in [0.4, 0.5) is 0 Å². The zero-order valence-corrected chi connectivity index (χ0v) is 10.5. The molecule has 0 saturated heterocycles. The van der Waals surface area contributed by atoms with Gasteiger partial charge in [-0.2, -0.15) is 11.8 Å². The third-order valence-electron chi connectivity index (χ3n) is 3.19. The Labute approximate surface area is 93.4 Å². The molecule has 84 valence electrons. The minimum atomic E-state index is 0.839. The fourth-order valence-corrected chi connectivity index (χ4v) is 3.16. The Morgan fingerprint density at radius 1 is 1.29 bits per heavy atom.